The van der Waals surface area contributed by atoms with Gasteiger partial charge in [0, 0.05) is 30.3 Å². The fraction of sp³-hybridized carbons (Fsp3) is 0.455. The van der Waals surface area contributed by atoms with Crippen molar-refractivity contribution in [3.63, 3.8) is 0 Å². The maximum atomic E-state index is 13.5. The van der Waals surface area contributed by atoms with E-state index < -0.39 is 11.9 Å². The van der Waals surface area contributed by atoms with Crippen LogP contribution in [0.1, 0.15) is 48.8 Å². The lowest BCUT2D eigenvalue weighted by Gasteiger charge is -2.24. The number of hydrogen-bond acceptors (Lipinski definition) is 3. The molecule has 1 aliphatic heterocycles. The third-order valence-electron chi connectivity index (χ3n) is 5.86. The first-order chi connectivity index (χ1) is 14.2. The first-order valence-corrected chi connectivity index (χ1v) is 10.2. The molecule has 0 saturated carbocycles. The smallest absolute Gasteiger partial charge is 0.300 e. The van der Waals surface area contributed by atoms with Gasteiger partial charge in [-0.2, -0.15) is 18.3 Å². The Morgan fingerprint density at radius 3 is 2.57 bits per heavy atom. The number of hydrogen-bond donors (Lipinski definition) is 0. The van der Waals surface area contributed by atoms with Gasteiger partial charge in [0.2, 0.25) is 0 Å². The molecule has 0 N–H and O–H groups in total. The van der Waals surface area contributed by atoms with Crippen molar-refractivity contribution in [2.24, 2.45) is 0 Å². The van der Waals surface area contributed by atoms with Gasteiger partial charge in [-0.05, 0) is 56.5 Å². The minimum absolute atomic E-state index is 0.0635. The van der Waals surface area contributed by atoms with Crippen LogP contribution in [0.15, 0.2) is 36.4 Å². The van der Waals surface area contributed by atoms with Crippen LogP contribution in [0.4, 0.5) is 17.6 Å². The minimum atomic E-state index is -4.49. The van der Waals surface area contributed by atoms with Gasteiger partial charge >= 0.3 is 6.18 Å². The average molecular weight is 420 g/mol. The predicted octanol–water partition coefficient (Wildman–Crippen LogP) is 4.87. The average Bonchev–Trinajstić information content (AvgIpc) is 3.35. The summed E-state index contributed by atoms with van der Waals surface area (Å²) >= 11 is 0. The number of benzene rings is 1. The maximum Gasteiger partial charge on any atom is 0.433 e. The monoisotopic (exact) mass is 420 g/mol. The molecule has 2 aromatic heterocycles. The van der Waals surface area contributed by atoms with Crippen LogP contribution in [-0.2, 0) is 19.0 Å². The van der Waals surface area contributed by atoms with Gasteiger partial charge in [0.05, 0.1) is 5.69 Å². The van der Waals surface area contributed by atoms with E-state index in [4.69, 9.17) is 0 Å². The van der Waals surface area contributed by atoms with E-state index in [9.17, 15) is 17.6 Å². The highest BCUT2D eigenvalue weighted by molar-refractivity contribution is 5.43. The molecule has 2 atom stereocenters. The first-order valence-electron chi connectivity index (χ1n) is 10.2. The second-order valence-electron chi connectivity index (χ2n) is 7.98. The summed E-state index contributed by atoms with van der Waals surface area (Å²) in [7, 11) is 0. The largest absolute Gasteiger partial charge is 0.433 e. The van der Waals surface area contributed by atoms with Crippen LogP contribution in [0.25, 0.3) is 5.65 Å². The Kier molecular flexibility index (Phi) is 5.53. The standard InChI is InChI=1S/C22H24F4N4/c1-3-18-11-20(22(24,25)26)30-21(27-18)12-19(28-30)16-8-9-29(13-16)14(2)10-15-4-6-17(23)7-5-15/h4-7,11-12,14,16H,3,8-10,13H2,1-2H3/t14-,16-/m0/s1. The highest BCUT2D eigenvalue weighted by Gasteiger charge is 2.36. The zero-order chi connectivity index (χ0) is 21.5. The SMILES string of the molecule is CCc1cc(C(F)(F)F)n2nc([C@H]3CCN([C@@H](C)Cc4ccc(F)cc4)C3)cc2n1. The summed E-state index contributed by atoms with van der Waals surface area (Å²) in [5.41, 5.74) is 1.58. The van der Waals surface area contributed by atoms with Gasteiger partial charge in [-0.1, -0.05) is 19.1 Å². The number of aromatic nitrogens is 3. The maximum absolute atomic E-state index is 13.5. The molecule has 1 fully saturated rings. The normalized spacial score (nSPS) is 18.9. The molecule has 0 unspecified atom stereocenters. The lowest BCUT2D eigenvalue weighted by atomic mass is 10.0. The molecule has 4 rings (SSSR count). The highest BCUT2D eigenvalue weighted by atomic mass is 19.4. The van der Waals surface area contributed by atoms with E-state index in [2.05, 4.69) is 21.9 Å². The molecule has 0 amide bonds. The number of likely N-dealkylation sites (tertiary alicyclic amines) is 1. The van der Waals surface area contributed by atoms with Crippen molar-refractivity contribution < 1.29 is 17.6 Å². The van der Waals surface area contributed by atoms with E-state index in [1.165, 1.54) is 12.1 Å². The van der Waals surface area contributed by atoms with Crippen LogP contribution in [0.2, 0.25) is 0 Å². The third kappa shape index (κ3) is 4.19. The van der Waals surface area contributed by atoms with Crippen LogP contribution in [0, 0.1) is 5.82 Å². The Morgan fingerprint density at radius 1 is 1.17 bits per heavy atom. The number of rotatable bonds is 5. The van der Waals surface area contributed by atoms with Crippen LogP contribution < -0.4 is 0 Å². The molecule has 8 heteroatoms. The van der Waals surface area contributed by atoms with Gasteiger partial charge in [-0.3, -0.25) is 4.90 Å². The summed E-state index contributed by atoms with van der Waals surface area (Å²) in [4.78, 5) is 6.65. The third-order valence-corrected chi connectivity index (χ3v) is 5.86. The molecule has 30 heavy (non-hydrogen) atoms. The molecule has 0 radical (unpaired) electrons. The van der Waals surface area contributed by atoms with E-state index in [0.29, 0.717) is 17.8 Å². The summed E-state index contributed by atoms with van der Waals surface area (Å²) in [5.74, 6) is -0.189. The van der Waals surface area contributed by atoms with Gasteiger partial charge in [0.25, 0.3) is 0 Å². The quantitative estimate of drug-likeness (QED) is 0.552. The fourth-order valence-corrected chi connectivity index (χ4v) is 4.15. The van der Waals surface area contributed by atoms with Crippen LogP contribution in [0.3, 0.4) is 0 Å². The van der Waals surface area contributed by atoms with Gasteiger partial charge < -0.3 is 0 Å². The summed E-state index contributed by atoms with van der Waals surface area (Å²) in [5, 5.41) is 4.29. The van der Waals surface area contributed by atoms with E-state index in [1.54, 1.807) is 25.1 Å². The molecule has 0 spiro atoms. The van der Waals surface area contributed by atoms with Crippen molar-refractivity contribution in [2.45, 2.75) is 51.2 Å². The molecule has 1 aromatic carbocycles. The molecule has 4 nitrogen and oxygen atoms in total. The van der Waals surface area contributed by atoms with Crippen molar-refractivity contribution in [3.8, 4) is 0 Å². The van der Waals surface area contributed by atoms with E-state index in [1.807, 2.05) is 0 Å². The van der Waals surface area contributed by atoms with Crippen molar-refractivity contribution in [1.29, 1.82) is 0 Å². The summed E-state index contributed by atoms with van der Waals surface area (Å²) in [6, 6.07) is 9.51. The Bertz CT molecular complexity index is 1030. The second-order valence-corrected chi connectivity index (χ2v) is 7.98. The van der Waals surface area contributed by atoms with E-state index >= 15 is 0 Å². The molecule has 0 aliphatic carbocycles. The lowest BCUT2D eigenvalue weighted by Crippen LogP contribution is -2.32. The minimum Gasteiger partial charge on any atom is -0.300 e. The number of fused-ring (bicyclic) bond motifs is 1. The molecular formula is C22H24F4N4. The van der Waals surface area contributed by atoms with E-state index in [-0.39, 0.29) is 23.4 Å². The van der Waals surface area contributed by atoms with Crippen LogP contribution >= 0.6 is 0 Å². The topological polar surface area (TPSA) is 33.4 Å². The van der Waals surface area contributed by atoms with Gasteiger partial charge in [0.1, 0.15) is 11.5 Å². The zero-order valence-electron chi connectivity index (χ0n) is 17.0. The molecule has 160 valence electrons. The molecule has 1 saturated heterocycles. The van der Waals surface area contributed by atoms with Crippen LogP contribution in [0.5, 0.6) is 0 Å². The Morgan fingerprint density at radius 2 is 1.90 bits per heavy atom. The number of nitrogens with zero attached hydrogens (tertiary/aromatic N) is 4. The lowest BCUT2D eigenvalue weighted by molar-refractivity contribution is -0.142. The Hall–Kier alpha value is -2.48. The second kappa shape index (κ2) is 7.98. The van der Waals surface area contributed by atoms with Crippen molar-refractivity contribution in [2.75, 3.05) is 13.1 Å². The first kappa shape index (κ1) is 20.8. The van der Waals surface area contributed by atoms with Crippen molar-refractivity contribution in [3.05, 3.63) is 64.9 Å². The van der Waals surface area contributed by atoms with Gasteiger partial charge in [-0.15, -0.1) is 0 Å². The van der Waals surface area contributed by atoms with Gasteiger partial charge in [0.15, 0.2) is 5.65 Å². The Labute approximate surface area is 172 Å². The fourth-order valence-electron chi connectivity index (χ4n) is 4.15. The van der Waals surface area contributed by atoms with Gasteiger partial charge in [-0.25, -0.2) is 13.9 Å². The molecular weight excluding hydrogens is 396 g/mol. The van der Waals surface area contributed by atoms with E-state index in [0.717, 1.165) is 42.1 Å². The summed E-state index contributed by atoms with van der Waals surface area (Å²) < 4.78 is 54.5. The Balaban J connectivity index is 1.53. The molecule has 3 heterocycles. The molecule has 0 bridgehead atoms. The van der Waals surface area contributed by atoms with Crippen molar-refractivity contribution >= 4 is 5.65 Å². The summed E-state index contributed by atoms with van der Waals surface area (Å²) in [6.07, 6.45) is -2.44. The molecule has 1 aliphatic rings. The number of halogens is 4. The van der Waals surface area contributed by atoms with Crippen molar-refractivity contribution in [1.82, 2.24) is 19.5 Å². The predicted molar refractivity (Wildman–Crippen MR) is 106 cm³/mol. The number of alkyl halides is 3. The number of aryl methyl sites for hydroxylation is 1. The highest BCUT2D eigenvalue weighted by Crippen LogP contribution is 2.33. The van der Waals surface area contributed by atoms with Crippen LogP contribution in [-0.4, -0.2) is 38.6 Å². The molecule has 3 aromatic rings. The zero-order valence-corrected chi connectivity index (χ0v) is 17.0. The summed E-state index contributed by atoms with van der Waals surface area (Å²) in [6.45, 7) is 5.48.